The van der Waals surface area contributed by atoms with Crippen molar-refractivity contribution in [2.24, 2.45) is 4.99 Å². The van der Waals surface area contributed by atoms with E-state index in [1.165, 1.54) is 7.11 Å². The van der Waals surface area contributed by atoms with E-state index in [4.69, 9.17) is 49.0 Å². The molecular formula is C25H18Cl3NO4. The van der Waals surface area contributed by atoms with Gasteiger partial charge in [0.2, 0.25) is 5.90 Å². The van der Waals surface area contributed by atoms with Gasteiger partial charge in [-0.15, -0.1) is 0 Å². The fourth-order valence-corrected chi connectivity index (χ4v) is 3.75. The Kier molecular flexibility index (Phi) is 6.94. The maximum atomic E-state index is 12.3. The molecule has 0 radical (unpaired) electrons. The Labute approximate surface area is 206 Å². The average molecular weight is 503 g/mol. The van der Waals surface area contributed by atoms with E-state index in [-0.39, 0.29) is 18.2 Å². The number of carbonyl (C=O) groups excluding carboxylic acids is 1. The van der Waals surface area contributed by atoms with E-state index < -0.39 is 5.97 Å². The van der Waals surface area contributed by atoms with Gasteiger partial charge in [0.1, 0.15) is 6.61 Å². The molecule has 0 atom stereocenters. The molecule has 3 aromatic carbocycles. The van der Waals surface area contributed by atoms with Gasteiger partial charge in [0.05, 0.1) is 7.11 Å². The standard InChI is InChI=1S/C25H18Cl3NO4/c1-14-3-5-16(11-19(14)27)24-29-21(25(30)33-24)9-15-4-8-22(23(10-15)31-2)32-13-17-6-7-18(26)12-20(17)28/h3-12H,13H2,1-2H3. The molecule has 0 saturated heterocycles. The predicted molar refractivity (Wildman–Crippen MR) is 131 cm³/mol. The van der Waals surface area contributed by atoms with Crippen LogP contribution < -0.4 is 9.47 Å². The van der Waals surface area contributed by atoms with Crippen LogP contribution in [-0.2, 0) is 16.1 Å². The second-order valence-corrected chi connectivity index (χ2v) is 8.49. The summed E-state index contributed by atoms with van der Waals surface area (Å²) in [5.41, 5.74) is 3.22. The lowest BCUT2D eigenvalue weighted by molar-refractivity contribution is -0.129. The highest BCUT2D eigenvalue weighted by Gasteiger charge is 2.24. The number of ether oxygens (including phenoxy) is 3. The first-order valence-corrected chi connectivity index (χ1v) is 11.0. The molecule has 0 aromatic heterocycles. The second-order valence-electron chi connectivity index (χ2n) is 7.23. The van der Waals surface area contributed by atoms with Gasteiger partial charge in [-0.1, -0.05) is 53.0 Å². The summed E-state index contributed by atoms with van der Waals surface area (Å²) in [6, 6.07) is 15.9. The van der Waals surface area contributed by atoms with E-state index >= 15 is 0 Å². The summed E-state index contributed by atoms with van der Waals surface area (Å²) in [4.78, 5) is 16.7. The molecule has 168 valence electrons. The lowest BCUT2D eigenvalue weighted by Gasteiger charge is -2.12. The van der Waals surface area contributed by atoms with Crippen LogP contribution in [0.5, 0.6) is 11.5 Å². The van der Waals surface area contributed by atoms with E-state index in [0.29, 0.717) is 37.7 Å². The maximum Gasteiger partial charge on any atom is 0.363 e. The smallest absolute Gasteiger partial charge is 0.363 e. The first-order valence-electron chi connectivity index (χ1n) is 9.88. The van der Waals surface area contributed by atoms with Crippen molar-refractivity contribution < 1.29 is 19.0 Å². The molecule has 33 heavy (non-hydrogen) atoms. The fourth-order valence-electron chi connectivity index (χ4n) is 3.10. The zero-order valence-corrected chi connectivity index (χ0v) is 20.0. The van der Waals surface area contributed by atoms with Gasteiger partial charge in [-0.25, -0.2) is 9.79 Å². The van der Waals surface area contributed by atoms with Crippen molar-refractivity contribution in [2.45, 2.75) is 13.5 Å². The van der Waals surface area contributed by atoms with Crippen LogP contribution >= 0.6 is 34.8 Å². The molecule has 0 aliphatic carbocycles. The third kappa shape index (κ3) is 5.33. The molecule has 0 fully saturated rings. The van der Waals surface area contributed by atoms with E-state index in [2.05, 4.69) is 4.99 Å². The normalized spacial score (nSPS) is 14.3. The molecule has 0 unspecified atom stereocenters. The van der Waals surface area contributed by atoms with Crippen molar-refractivity contribution in [2.75, 3.05) is 7.11 Å². The lowest BCUT2D eigenvalue weighted by Crippen LogP contribution is -2.05. The zero-order valence-electron chi connectivity index (χ0n) is 17.7. The van der Waals surface area contributed by atoms with E-state index in [1.807, 2.05) is 13.0 Å². The molecule has 1 heterocycles. The van der Waals surface area contributed by atoms with Crippen LogP contribution in [0.3, 0.4) is 0 Å². The highest BCUT2D eigenvalue weighted by molar-refractivity contribution is 6.35. The molecule has 8 heteroatoms. The molecule has 0 bridgehead atoms. The van der Waals surface area contributed by atoms with E-state index in [1.54, 1.807) is 54.6 Å². The van der Waals surface area contributed by atoms with Gasteiger partial charge in [0.15, 0.2) is 17.2 Å². The van der Waals surface area contributed by atoms with Crippen LogP contribution in [0.2, 0.25) is 15.1 Å². The van der Waals surface area contributed by atoms with Gasteiger partial charge < -0.3 is 14.2 Å². The van der Waals surface area contributed by atoms with Gasteiger partial charge in [0.25, 0.3) is 0 Å². The number of benzene rings is 3. The summed E-state index contributed by atoms with van der Waals surface area (Å²) < 4.78 is 16.6. The van der Waals surface area contributed by atoms with Crippen molar-refractivity contribution in [3.05, 3.63) is 97.6 Å². The summed E-state index contributed by atoms with van der Waals surface area (Å²) in [5, 5.41) is 1.65. The Morgan fingerprint density at radius 1 is 0.970 bits per heavy atom. The monoisotopic (exact) mass is 501 g/mol. The number of hydrogen-bond acceptors (Lipinski definition) is 5. The number of rotatable bonds is 6. The minimum Gasteiger partial charge on any atom is -0.493 e. The first-order chi connectivity index (χ1) is 15.8. The van der Waals surface area contributed by atoms with Crippen molar-refractivity contribution in [3.8, 4) is 11.5 Å². The SMILES string of the molecule is COc1cc(C=C2N=C(c3ccc(C)c(Cl)c3)OC2=O)ccc1OCc1ccc(Cl)cc1Cl. The van der Waals surface area contributed by atoms with Crippen LogP contribution in [0.15, 0.2) is 65.3 Å². The molecule has 5 nitrogen and oxygen atoms in total. The van der Waals surface area contributed by atoms with Crippen molar-refractivity contribution in [1.29, 1.82) is 0 Å². The predicted octanol–water partition coefficient (Wildman–Crippen LogP) is 6.89. The largest absolute Gasteiger partial charge is 0.493 e. The Morgan fingerprint density at radius 2 is 1.79 bits per heavy atom. The lowest BCUT2D eigenvalue weighted by atomic mass is 10.1. The molecule has 0 saturated carbocycles. The molecule has 0 spiro atoms. The molecule has 4 rings (SSSR count). The van der Waals surface area contributed by atoms with Gasteiger partial charge >= 0.3 is 5.97 Å². The number of halogens is 3. The number of hydrogen-bond donors (Lipinski definition) is 0. The third-order valence-corrected chi connectivity index (χ3v) is 5.92. The van der Waals surface area contributed by atoms with Gasteiger partial charge in [0, 0.05) is 26.2 Å². The van der Waals surface area contributed by atoms with Gasteiger partial charge in [-0.2, -0.15) is 0 Å². The molecule has 1 aliphatic heterocycles. The quantitative estimate of drug-likeness (QED) is 0.272. The molecule has 1 aliphatic rings. The Morgan fingerprint density at radius 3 is 2.52 bits per heavy atom. The molecular weight excluding hydrogens is 485 g/mol. The van der Waals surface area contributed by atoms with Crippen LogP contribution in [0, 0.1) is 6.92 Å². The van der Waals surface area contributed by atoms with Crippen molar-refractivity contribution >= 4 is 52.7 Å². The summed E-state index contributed by atoms with van der Waals surface area (Å²) in [6.45, 7) is 2.14. The zero-order chi connectivity index (χ0) is 23.5. The number of nitrogens with zero attached hydrogens (tertiary/aromatic N) is 1. The molecule has 3 aromatic rings. The van der Waals surface area contributed by atoms with Crippen molar-refractivity contribution in [1.82, 2.24) is 0 Å². The maximum absolute atomic E-state index is 12.3. The number of methoxy groups -OCH3 is 1. The highest BCUT2D eigenvalue weighted by atomic mass is 35.5. The number of cyclic esters (lactones) is 1. The van der Waals surface area contributed by atoms with Crippen LogP contribution in [0.25, 0.3) is 6.08 Å². The summed E-state index contributed by atoms with van der Waals surface area (Å²) >= 11 is 18.3. The number of aryl methyl sites for hydroxylation is 1. The van der Waals surface area contributed by atoms with Crippen LogP contribution in [0.1, 0.15) is 22.3 Å². The Bertz CT molecular complexity index is 1300. The van der Waals surface area contributed by atoms with Crippen molar-refractivity contribution in [3.63, 3.8) is 0 Å². The second kappa shape index (κ2) is 9.87. The highest BCUT2D eigenvalue weighted by Crippen LogP contribution is 2.31. The number of aliphatic imine (C=N–C) groups is 1. The summed E-state index contributed by atoms with van der Waals surface area (Å²) in [5.74, 6) is 0.687. The molecule has 0 N–H and O–H groups in total. The van der Waals surface area contributed by atoms with Crippen LogP contribution in [0.4, 0.5) is 0 Å². The van der Waals surface area contributed by atoms with E-state index in [0.717, 1.165) is 11.1 Å². The number of esters is 1. The average Bonchev–Trinajstić information content (AvgIpc) is 3.15. The molecule has 0 amide bonds. The third-order valence-electron chi connectivity index (χ3n) is 4.93. The Balaban J connectivity index is 1.54. The summed E-state index contributed by atoms with van der Waals surface area (Å²) in [6.07, 6.45) is 1.62. The minimum atomic E-state index is -0.543. The topological polar surface area (TPSA) is 57.1 Å². The first kappa shape index (κ1) is 23.2. The van der Waals surface area contributed by atoms with E-state index in [9.17, 15) is 4.79 Å². The fraction of sp³-hybridized carbons (Fsp3) is 0.120. The van der Waals surface area contributed by atoms with Gasteiger partial charge in [-0.3, -0.25) is 0 Å². The van der Waals surface area contributed by atoms with Crippen LogP contribution in [-0.4, -0.2) is 19.0 Å². The minimum absolute atomic E-state index is 0.172. The number of carbonyl (C=O) groups is 1. The van der Waals surface area contributed by atoms with Gasteiger partial charge in [-0.05, 0) is 60.5 Å². The Hall–Kier alpha value is -2.99. The summed E-state index contributed by atoms with van der Waals surface area (Å²) in [7, 11) is 1.54.